The summed E-state index contributed by atoms with van der Waals surface area (Å²) < 4.78 is 4.67. The van der Waals surface area contributed by atoms with E-state index in [1.165, 1.54) is 0 Å². The van der Waals surface area contributed by atoms with Crippen molar-refractivity contribution in [1.82, 2.24) is 5.32 Å². The lowest BCUT2D eigenvalue weighted by atomic mass is 10.2. The van der Waals surface area contributed by atoms with Gasteiger partial charge in [-0.15, -0.1) is 0 Å². The molecule has 0 aromatic carbocycles. The van der Waals surface area contributed by atoms with Crippen LogP contribution in [0.4, 0.5) is 9.59 Å². The van der Waals surface area contributed by atoms with Crippen molar-refractivity contribution in [2.75, 3.05) is 0 Å². The van der Waals surface area contributed by atoms with Crippen LogP contribution in [0.2, 0.25) is 0 Å². The number of alkyl carbamates (subject to hydrolysis) is 1. The van der Waals surface area contributed by atoms with Crippen LogP contribution in [-0.2, 0) is 4.74 Å². The van der Waals surface area contributed by atoms with Gasteiger partial charge in [0.1, 0.15) is 6.10 Å². The number of carboxylic acid groups (broad SMARTS) is 1. The first-order valence-electron chi connectivity index (χ1n) is 3.76. The minimum atomic E-state index is -1.40. The molecule has 5 heteroatoms. The highest BCUT2D eigenvalue weighted by Gasteiger charge is 2.10. The third-order valence-electron chi connectivity index (χ3n) is 1.21. The summed E-state index contributed by atoms with van der Waals surface area (Å²) in [5.74, 6) is 0. The summed E-state index contributed by atoms with van der Waals surface area (Å²) in [6.07, 6.45) is -0.935. The van der Waals surface area contributed by atoms with Crippen LogP contribution in [0.5, 0.6) is 0 Å². The quantitative estimate of drug-likeness (QED) is 0.682. The molecule has 0 aromatic heterocycles. The third kappa shape index (κ3) is 5.52. The van der Waals surface area contributed by atoms with Gasteiger partial charge in [0.2, 0.25) is 0 Å². The molecule has 0 aliphatic carbocycles. The SMILES string of the molecule is CCCC(C)OC(=O)NC(=O)O. The molecule has 0 radical (unpaired) electrons. The van der Waals surface area contributed by atoms with Crippen molar-refractivity contribution in [3.8, 4) is 0 Å². The van der Waals surface area contributed by atoms with Crippen LogP contribution < -0.4 is 5.32 Å². The number of hydrogen-bond donors (Lipinski definition) is 2. The van der Waals surface area contributed by atoms with Gasteiger partial charge in [-0.25, -0.2) is 14.9 Å². The maximum Gasteiger partial charge on any atom is 0.416 e. The van der Waals surface area contributed by atoms with E-state index in [1.54, 1.807) is 12.2 Å². The number of amides is 2. The Morgan fingerprint density at radius 2 is 2.17 bits per heavy atom. The van der Waals surface area contributed by atoms with Gasteiger partial charge in [0.15, 0.2) is 0 Å². The van der Waals surface area contributed by atoms with E-state index < -0.39 is 12.2 Å². The van der Waals surface area contributed by atoms with Crippen molar-refractivity contribution in [2.24, 2.45) is 0 Å². The zero-order chi connectivity index (χ0) is 9.56. The minimum Gasteiger partial charge on any atom is -0.465 e. The van der Waals surface area contributed by atoms with E-state index >= 15 is 0 Å². The van der Waals surface area contributed by atoms with Gasteiger partial charge in [-0.05, 0) is 13.3 Å². The normalized spacial score (nSPS) is 11.8. The lowest BCUT2D eigenvalue weighted by molar-refractivity contribution is 0.100. The first-order valence-corrected chi connectivity index (χ1v) is 3.76. The molecule has 2 N–H and O–H groups in total. The van der Waals surface area contributed by atoms with Crippen molar-refractivity contribution < 1.29 is 19.4 Å². The largest absolute Gasteiger partial charge is 0.465 e. The maximum absolute atomic E-state index is 10.6. The Kier molecular flexibility index (Phi) is 4.83. The lowest BCUT2D eigenvalue weighted by Gasteiger charge is -2.10. The Balaban J connectivity index is 3.61. The van der Waals surface area contributed by atoms with Crippen LogP contribution in [0.15, 0.2) is 0 Å². The second kappa shape index (κ2) is 5.40. The number of carbonyl (C=O) groups is 2. The zero-order valence-corrected chi connectivity index (χ0v) is 7.16. The van der Waals surface area contributed by atoms with Crippen molar-refractivity contribution in [2.45, 2.75) is 32.8 Å². The predicted molar refractivity (Wildman–Crippen MR) is 42.0 cm³/mol. The summed E-state index contributed by atoms with van der Waals surface area (Å²) in [6, 6.07) is 0. The second-order valence-electron chi connectivity index (χ2n) is 2.43. The van der Waals surface area contributed by atoms with Crippen LogP contribution in [0.3, 0.4) is 0 Å². The highest BCUT2D eigenvalue weighted by molar-refractivity contribution is 5.86. The number of nitrogens with one attached hydrogen (secondary N) is 1. The molecule has 12 heavy (non-hydrogen) atoms. The van der Waals surface area contributed by atoms with Gasteiger partial charge in [-0.1, -0.05) is 13.3 Å². The van der Waals surface area contributed by atoms with Gasteiger partial charge in [0.25, 0.3) is 0 Å². The van der Waals surface area contributed by atoms with Gasteiger partial charge in [-0.2, -0.15) is 0 Å². The second-order valence-corrected chi connectivity index (χ2v) is 2.43. The Bertz CT molecular complexity index is 169. The van der Waals surface area contributed by atoms with Gasteiger partial charge >= 0.3 is 12.2 Å². The molecule has 0 aromatic rings. The van der Waals surface area contributed by atoms with E-state index in [2.05, 4.69) is 4.74 Å². The number of ether oxygens (including phenoxy) is 1. The Labute approximate surface area is 70.7 Å². The fourth-order valence-corrected chi connectivity index (χ4v) is 0.765. The maximum atomic E-state index is 10.6. The molecular formula is C7H13NO4. The Hall–Kier alpha value is -1.26. The van der Waals surface area contributed by atoms with E-state index in [-0.39, 0.29) is 6.10 Å². The number of rotatable bonds is 3. The number of carbonyl (C=O) groups excluding carboxylic acids is 1. The van der Waals surface area contributed by atoms with E-state index in [1.807, 2.05) is 6.92 Å². The van der Waals surface area contributed by atoms with Crippen LogP contribution in [0.1, 0.15) is 26.7 Å². The minimum absolute atomic E-state index is 0.241. The number of hydrogen-bond acceptors (Lipinski definition) is 3. The summed E-state index contributed by atoms with van der Waals surface area (Å²) in [5, 5.41) is 9.70. The Morgan fingerprint density at radius 3 is 2.58 bits per heavy atom. The highest BCUT2D eigenvalue weighted by Crippen LogP contribution is 2.00. The summed E-state index contributed by atoms with van der Waals surface area (Å²) in [6.45, 7) is 3.67. The van der Waals surface area contributed by atoms with E-state index in [0.29, 0.717) is 0 Å². The molecule has 5 nitrogen and oxygen atoms in total. The van der Waals surface area contributed by atoms with Crippen molar-refractivity contribution in [3.05, 3.63) is 0 Å². The average Bonchev–Trinajstić information content (AvgIpc) is 1.84. The van der Waals surface area contributed by atoms with E-state index in [9.17, 15) is 9.59 Å². The standard InChI is InChI=1S/C7H13NO4/c1-3-4-5(2)12-7(11)8-6(9)10/h5H,3-4H2,1-2H3,(H,8,11)(H,9,10). The van der Waals surface area contributed by atoms with Crippen LogP contribution in [-0.4, -0.2) is 23.4 Å². The molecule has 0 heterocycles. The molecule has 1 unspecified atom stereocenters. The molecule has 0 saturated heterocycles. The lowest BCUT2D eigenvalue weighted by Crippen LogP contribution is -2.31. The molecule has 0 bridgehead atoms. The molecule has 70 valence electrons. The van der Waals surface area contributed by atoms with Crippen LogP contribution in [0, 0.1) is 0 Å². The Morgan fingerprint density at radius 1 is 1.58 bits per heavy atom. The summed E-state index contributed by atoms with van der Waals surface area (Å²) in [5.41, 5.74) is 0. The van der Waals surface area contributed by atoms with Crippen molar-refractivity contribution in [1.29, 1.82) is 0 Å². The molecule has 0 saturated carbocycles. The molecule has 2 amide bonds. The van der Waals surface area contributed by atoms with Gasteiger partial charge < -0.3 is 9.84 Å². The molecule has 0 spiro atoms. The molecule has 1 atom stereocenters. The fourth-order valence-electron chi connectivity index (χ4n) is 0.765. The fraction of sp³-hybridized carbons (Fsp3) is 0.714. The van der Waals surface area contributed by atoms with Crippen LogP contribution in [0.25, 0.3) is 0 Å². The van der Waals surface area contributed by atoms with Crippen molar-refractivity contribution >= 4 is 12.2 Å². The molecular weight excluding hydrogens is 162 g/mol. The number of imide groups is 1. The van der Waals surface area contributed by atoms with Gasteiger partial charge in [-0.3, -0.25) is 0 Å². The zero-order valence-electron chi connectivity index (χ0n) is 7.16. The first-order chi connectivity index (χ1) is 5.56. The highest BCUT2D eigenvalue weighted by atomic mass is 16.6. The molecule has 0 fully saturated rings. The molecule has 0 aliphatic rings. The summed E-state index contributed by atoms with van der Waals surface area (Å²) >= 11 is 0. The predicted octanol–water partition coefficient (Wildman–Crippen LogP) is 1.58. The third-order valence-corrected chi connectivity index (χ3v) is 1.21. The molecule has 0 rings (SSSR count). The average molecular weight is 175 g/mol. The first kappa shape index (κ1) is 10.7. The van der Waals surface area contributed by atoms with Gasteiger partial charge in [0, 0.05) is 0 Å². The molecule has 0 aliphatic heterocycles. The topological polar surface area (TPSA) is 75.6 Å². The van der Waals surface area contributed by atoms with Gasteiger partial charge in [0.05, 0.1) is 0 Å². The van der Waals surface area contributed by atoms with E-state index in [0.717, 1.165) is 12.8 Å². The smallest absolute Gasteiger partial charge is 0.416 e. The van der Waals surface area contributed by atoms with Crippen LogP contribution >= 0.6 is 0 Å². The monoisotopic (exact) mass is 175 g/mol. The van der Waals surface area contributed by atoms with Crippen molar-refractivity contribution in [3.63, 3.8) is 0 Å². The van der Waals surface area contributed by atoms with E-state index in [4.69, 9.17) is 5.11 Å². The summed E-state index contributed by atoms with van der Waals surface area (Å²) in [4.78, 5) is 20.6. The summed E-state index contributed by atoms with van der Waals surface area (Å²) in [7, 11) is 0.